The standard InChI is InChI=1S/C38H42ClFN6O7/c1-51-38(50)33-17-27(47)19-46(33)36(48)18-41-37(49)24-6-8-32-31(15-24)42-34(45(32)20-28-11-14-52-28)21-44-12-9-23(10-13-44)30-3-2-4-35(43-30)53-22-25-5-7-26(39)16-29(25)40/h2-8,15-16,23,27-28,33,47H,9-14,17-22H2,1H3,(H,41,49)/t27-,28-,33-/m0/s1. The number of halogens is 2. The van der Waals surface area contributed by atoms with Gasteiger partial charge in [-0.05, 0) is 68.8 Å². The Morgan fingerprint density at radius 1 is 1.08 bits per heavy atom. The molecule has 0 radical (unpaired) electrons. The first kappa shape index (κ1) is 36.7. The molecule has 0 spiro atoms. The number of piperidine rings is 1. The summed E-state index contributed by atoms with van der Waals surface area (Å²) in [7, 11) is 1.23. The second-order valence-electron chi connectivity index (χ2n) is 13.8. The van der Waals surface area contributed by atoms with Crippen LogP contribution in [0.5, 0.6) is 5.88 Å². The number of carbonyl (C=O) groups is 3. The normalized spacial score (nSPS) is 20.7. The van der Waals surface area contributed by atoms with Crippen LogP contribution < -0.4 is 10.1 Å². The fourth-order valence-electron chi connectivity index (χ4n) is 7.20. The van der Waals surface area contributed by atoms with Crippen LogP contribution in [0.4, 0.5) is 4.39 Å². The third-order valence-electron chi connectivity index (χ3n) is 10.2. The molecule has 0 saturated carbocycles. The van der Waals surface area contributed by atoms with Crippen molar-refractivity contribution in [3.63, 3.8) is 0 Å². The van der Waals surface area contributed by atoms with E-state index in [9.17, 15) is 23.9 Å². The van der Waals surface area contributed by atoms with Gasteiger partial charge < -0.3 is 34.1 Å². The van der Waals surface area contributed by atoms with Crippen molar-refractivity contribution in [3.8, 4) is 5.88 Å². The molecule has 2 N–H and O–H groups in total. The van der Waals surface area contributed by atoms with E-state index in [1.807, 2.05) is 18.2 Å². The molecule has 3 aliphatic heterocycles. The van der Waals surface area contributed by atoms with Crippen molar-refractivity contribution in [1.82, 2.24) is 29.7 Å². The Labute approximate surface area is 311 Å². The fourth-order valence-corrected chi connectivity index (χ4v) is 7.36. The number of methoxy groups -OCH3 is 1. The topological polar surface area (TPSA) is 148 Å². The van der Waals surface area contributed by atoms with Crippen LogP contribution in [-0.2, 0) is 38.8 Å². The van der Waals surface area contributed by atoms with E-state index in [0.717, 1.165) is 56.0 Å². The predicted molar refractivity (Wildman–Crippen MR) is 192 cm³/mol. The number of ether oxygens (including phenoxy) is 3. The molecule has 0 aliphatic carbocycles. The van der Waals surface area contributed by atoms with Crippen molar-refractivity contribution < 1.29 is 38.1 Å². The van der Waals surface area contributed by atoms with Crippen molar-refractivity contribution in [2.24, 2.45) is 0 Å². The molecule has 2 aromatic carbocycles. The number of β-amino-alcohol motifs (C(OH)–C–C–N with tert-alkyl or cyclic N) is 1. The third kappa shape index (κ3) is 8.46. The number of amides is 2. The smallest absolute Gasteiger partial charge is 0.328 e. The highest BCUT2D eigenvalue weighted by molar-refractivity contribution is 6.30. The number of aliphatic hydroxyl groups excluding tert-OH is 1. The Bertz CT molecular complexity index is 1980. The van der Waals surface area contributed by atoms with Gasteiger partial charge in [0.05, 0.1) is 50.0 Å². The van der Waals surface area contributed by atoms with Crippen LogP contribution in [0.2, 0.25) is 5.02 Å². The predicted octanol–water partition coefficient (Wildman–Crippen LogP) is 3.84. The van der Waals surface area contributed by atoms with Crippen LogP contribution >= 0.6 is 11.6 Å². The number of hydrogen-bond donors (Lipinski definition) is 2. The van der Waals surface area contributed by atoms with E-state index in [1.165, 1.54) is 18.1 Å². The van der Waals surface area contributed by atoms with E-state index in [4.69, 9.17) is 35.8 Å². The Kier molecular flexibility index (Phi) is 11.2. The SMILES string of the molecule is COC(=O)[C@@H]1C[C@H](O)CN1C(=O)CNC(=O)c1ccc2c(c1)nc(CN1CCC(c3cccc(OCc4ccc(Cl)cc4F)n3)CC1)n2C[C@@H]1CCO1. The molecule has 2 aromatic heterocycles. The van der Waals surface area contributed by atoms with Gasteiger partial charge >= 0.3 is 5.97 Å². The molecule has 3 saturated heterocycles. The summed E-state index contributed by atoms with van der Waals surface area (Å²) in [6, 6.07) is 14.6. The molecular formula is C38H42ClFN6O7. The first-order valence-corrected chi connectivity index (χ1v) is 18.2. The summed E-state index contributed by atoms with van der Waals surface area (Å²) in [5.74, 6) is -0.370. The lowest BCUT2D eigenvalue weighted by atomic mass is 9.93. The number of esters is 1. The van der Waals surface area contributed by atoms with Crippen LogP contribution in [0.3, 0.4) is 0 Å². The zero-order chi connectivity index (χ0) is 37.1. The number of likely N-dealkylation sites (tertiary alicyclic amines) is 2. The summed E-state index contributed by atoms with van der Waals surface area (Å²) in [5.41, 5.74) is 3.27. The lowest BCUT2D eigenvalue weighted by molar-refractivity contribution is -0.150. The maximum Gasteiger partial charge on any atom is 0.328 e. The summed E-state index contributed by atoms with van der Waals surface area (Å²) in [4.78, 5) is 51.5. The molecule has 13 nitrogen and oxygen atoms in total. The highest BCUT2D eigenvalue weighted by Crippen LogP contribution is 2.30. The molecule has 7 rings (SSSR count). The van der Waals surface area contributed by atoms with Crippen molar-refractivity contribution in [2.45, 2.75) is 69.5 Å². The van der Waals surface area contributed by atoms with Crippen molar-refractivity contribution >= 4 is 40.4 Å². The lowest BCUT2D eigenvalue weighted by Gasteiger charge is -2.32. The number of rotatable bonds is 12. The molecule has 15 heteroatoms. The Morgan fingerprint density at radius 3 is 2.62 bits per heavy atom. The van der Waals surface area contributed by atoms with Gasteiger partial charge in [0.2, 0.25) is 11.8 Å². The number of aliphatic hydroxyl groups is 1. The maximum absolute atomic E-state index is 14.2. The number of fused-ring (bicyclic) bond motifs is 1. The van der Waals surface area contributed by atoms with Gasteiger partial charge in [-0.3, -0.25) is 14.5 Å². The molecular weight excluding hydrogens is 707 g/mol. The van der Waals surface area contributed by atoms with Gasteiger partial charge in [-0.1, -0.05) is 23.7 Å². The van der Waals surface area contributed by atoms with Crippen molar-refractivity contribution in [1.29, 1.82) is 0 Å². The summed E-state index contributed by atoms with van der Waals surface area (Å²) < 4.78 is 32.8. The highest BCUT2D eigenvalue weighted by atomic mass is 35.5. The molecule has 3 fully saturated rings. The first-order valence-electron chi connectivity index (χ1n) is 17.9. The molecule has 3 atom stereocenters. The van der Waals surface area contributed by atoms with Gasteiger partial charge in [0.25, 0.3) is 5.91 Å². The zero-order valence-corrected chi connectivity index (χ0v) is 30.1. The van der Waals surface area contributed by atoms with Crippen LogP contribution in [0.1, 0.15) is 59.0 Å². The largest absolute Gasteiger partial charge is 0.473 e. The van der Waals surface area contributed by atoms with Crippen molar-refractivity contribution in [3.05, 3.63) is 88.1 Å². The van der Waals surface area contributed by atoms with E-state index in [1.54, 1.807) is 30.3 Å². The number of hydrogen-bond acceptors (Lipinski definition) is 10. The average molecular weight is 749 g/mol. The number of nitrogens with one attached hydrogen (secondary N) is 1. The third-order valence-corrected chi connectivity index (χ3v) is 10.5. The van der Waals surface area contributed by atoms with E-state index < -0.39 is 35.7 Å². The summed E-state index contributed by atoms with van der Waals surface area (Å²) in [5, 5.41) is 13.0. The Hall–Kier alpha value is -4.63. The molecule has 3 aliphatic rings. The van der Waals surface area contributed by atoms with E-state index in [2.05, 4.69) is 14.8 Å². The summed E-state index contributed by atoms with van der Waals surface area (Å²) in [6.07, 6.45) is 2.11. The monoisotopic (exact) mass is 748 g/mol. The second kappa shape index (κ2) is 16.2. The average Bonchev–Trinajstić information content (AvgIpc) is 3.70. The van der Waals surface area contributed by atoms with E-state index in [0.29, 0.717) is 40.6 Å². The molecule has 53 heavy (non-hydrogen) atoms. The van der Waals surface area contributed by atoms with Gasteiger partial charge in [-0.25, -0.2) is 19.2 Å². The molecule has 2 amide bonds. The minimum atomic E-state index is -0.884. The van der Waals surface area contributed by atoms with Crippen LogP contribution in [-0.4, -0.2) is 105 Å². The van der Waals surface area contributed by atoms with Crippen LogP contribution in [0.15, 0.2) is 54.6 Å². The molecule has 5 heterocycles. The maximum atomic E-state index is 14.2. The number of nitrogens with zero attached hydrogens (tertiary/aromatic N) is 5. The first-order chi connectivity index (χ1) is 25.6. The second-order valence-corrected chi connectivity index (χ2v) is 14.2. The lowest BCUT2D eigenvalue weighted by Crippen LogP contribution is -2.46. The van der Waals surface area contributed by atoms with Crippen molar-refractivity contribution in [2.75, 3.05) is 39.9 Å². The minimum absolute atomic E-state index is 0.00282. The van der Waals surface area contributed by atoms with Gasteiger partial charge in [-0.2, -0.15) is 0 Å². The van der Waals surface area contributed by atoms with Gasteiger partial charge in [0.1, 0.15) is 24.3 Å². The number of aromatic nitrogens is 3. The van der Waals surface area contributed by atoms with Crippen LogP contribution in [0.25, 0.3) is 11.0 Å². The molecule has 0 unspecified atom stereocenters. The van der Waals surface area contributed by atoms with Gasteiger partial charge in [-0.15, -0.1) is 0 Å². The number of benzene rings is 2. The Morgan fingerprint density at radius 2 is 1.89 bits per heavy atom. The van der Waals surface area contributed by atoms with Crippen LogP contribution in [0, 0.1) is 5.82 Å². The highest BCUT2D eigenvalue weighted by Gasteiger charge is 2.39. The molecule has 280 valence electrons. The summed E-state index contributed by atoms with van der Waals surface area (Å²) >= 11 is 5.87. The number of imidazole rings is 1. The molecule has 4 aromatic rings. The minimum Gasteiger partial charge on any atom is -0.473 e. The van der Waals surface area contributed by atoms with Gasteiger partial charge in [0, 0.05) is 53.4 Å². The van der Waals surface area contributed by atoms with Gasteiger partial charge in [0.15, 0.2) is 0 Å². The quantitative estimate of drug-likeness (QED) is 0.205. The fraction of sp³-hybridized carbons (Fsp3) is 0.447. The Balaban J connectivity index is 0.981. The number of carbonyl (C=O) groups excluding carboxylic acids is 3. The van der Waals surface area contributed by atoms with E-state index in [-0.39, 0.29) is 38.1 Å². The number of pyridine rings is 1. The summed E-state index contributed by atoms with van der Waals surface area (Å²) in [6.45, 7) is 3.40. The van der Waals surface area contributed by atoms with E-state index >= 15 is 0 Å². The zero-order valence-electron chi connectivity index (χ0n) is 29.4. The molecule has 0 bridgehead atoms.